The van der Waals surface area contributed by atoms with Crippen molar-refractivity contribution in [1.29, 1.82) is 0 Å². The lowest BCUT2D eigenvalue weighted by molar-refractivity contribution is -0.122. The molecule has 1 atom stereocenters. The Balaban J connectivity index is 1.32. The zero-order valence-electron chi connectivity index (χ0n) is 17.9. The molecule has 29 heavy (non-hydrogen) atoms. The molecule has 1 saturated heterocycles. The molecule has 2 aromatic carbocycles. The standard InChI is InChI=1S/C25H35N3O/c1-3-24(22-11-5-4-6-12-22)25(29)26-14-7-8-15-27-16-18-28(19-17-27)23-13-9-10-21(2)20-23/h4-6,9-13,20,24H,3,7-8,14-19H2,1-2H3,(H,26,29). The summed E-state index contributed by atoms with van der Waals surface area (Å²) in [6, 6.07) is 18.9. The van der Waals surface area contributed by atoms with Crippen molar-refractivity contribution in [2.75, 3.05) is 44.2 Å². The molecule has 1 amide bonds. The molecule has 1 fully saturated rings. The van der Waals surface area contributed by atoms with E-state index in [2.05, 4.69) is 53.2 Å². The number of benzene rings is 2. The monoisotopic (exact) mass is 393 g/mol. The van der Waals surface area contributed by atoms with Gasteiger partial charge in [0.25, 0.3) is 0 Å². The van der Waals surface area contributed by atoms with E-state index >= 15 is 0 Å². The predicted molar refractivity (Wildman–Crippen MR) is 122 cm³/mol. The number of carbonyl (C=O) groups excluding carboxylic acids is 1. The summed E-state index contributed by atoms with van der Waals surface area (Å²) in [5.41, 5.74) is 3.78. The Hall–Kier alpha value is -2.33. The zero-order valence-corrected chi connectivity index (χ0v) is 17.9. The number of rotatable bonds is 9. The summed E-state index contributed by atoms with van der Waals surface area (Å²) < 4.78 is 0. The second-order valence-electron chi connectivity index (χ2n) is 8.04. The van der Waals surface area contributed by atoms with Crippen LogP contribution in [0.1, 0.15) is 43.2 Å². The molecular weight excluding hydrogens is 358 g/mol. The van der Waals surface area contributed by atoms with E-state index < -0.39 is 0 Å². The van der Waals surface area contributed by atoms with Crippen molar-refractivity contribution >= 4 is 11.6 Å². The van der Waals surface area contributed by atoms with Crippen molar-refractivity contribution in [1.82, 2.24) is 10.2 Å². The second kappa shape index (κ2) is 11.0. The smallest absolute Gasteiger partial charge is 0.227 e. The molecule has 2 aromatic rings. The Bertz CT molecular complexity index is 754. The fourth-order valence-corrected chi connectivity index (χ4v) is 4.11. The maximum absolute atomic E-state index is 12.5. The van der Waals surface area contributed by atoms with E-state index in [1.165, 1.54) is 11.3 Å². The number of piperazine rings is 1. The SMILES string of the molecule is CCC(C(=O)NCCCCN1CCN(c2cccc(C)c2)CC1)c1ccccc1. The van der Waals surface area contributed by atoms with Crippen molar-refractivity contribution in [2.45, 2.75) is 39.0 Å². The second-order valence-corrected chi connectivity index (χ2v) is 8.04. The van der Waals surface area contributed by atoms with Gasteiger partial charge in [-0.05, 0) is 56.0 Å². The zero-order chi connectivity index (χ0) is 20.5. The van der Waals surface area contributed by atoms with Crippen molar-refractivity contribution in [2.24, 2.45) is 0 Å². The summed E-state index contributed by atoms with van der Waals surface area (Å²) >= 11 is 0. The van der Waals surface area contributed by atoms with Gasteiger partial charge in [-0.1, -0.05) is 49.4 Å². The first-order valence-corrected chi connectivity index (χ1v) is 11.0. The van der Waals surface area contributed by atoms with Crippen molar-refractivity contribution < 1.29 is 4.79 Å². The van der Waals surface area contributed by atoms with E-state index in [0.29, 0.717) is 0 Å². The summed E-state index contributed by atoms with van der Waals surface area (Å²) in [6.45, 7) is 10.5. The van der Waals surface area contributed by atoms with Crippen molar-refractivity contribution in [3.05, 3.63) is 65.7 Å². The molecule has 156 valence electrons. The summed E-state index contributed by atoms with van der Waals surface area (Å²) in [7, 11) is 0. The predicted octanol–water partition coefficient (Wildman–Crippen LogP) is 4.21. The van der Waals surface area contributed by atoms with E-state index in [-0.39, 0.29) is 11.8 Å². The average Bonchev–Trinajstić information content (AvgIpc) is 2.75. The first-order valence-electron chi connectivity index (χ1n) is 11.0. The fourth-order valence-electron chi connectivity index (χ4n) is 4.11. The highest BCUT2D eigenvalue weighted by Crippen LogP contribution is 2.19. The van der Waals surface area contributed by atoms with Crippen LogP contribution in [0.2, 0.25) is 0 Å². The van der Waals surface area contributed by atoms with E-state index in [0.717, 1.165) is 64.1 Å². The highest BCUT2D eigenvalue weighted by atomic mass is 16.1. The van der Waals surface area contributed by atoms with E-state index in [1.54, 1.807) is 0 Å². The molecule has 0 radical (unpaired) electrons. The lowest BCUT2D eigenvalue weighted by Crippen LogP contribution is -2.46. The van der Waals surface area contributed by atoms with Gasteiger partial charge in [0.15, 0.2) is 0 Å². The average molecular weight is 394 g/mol. The third kappa shape index (κ3) is 6.33. The molecule has 0 bridgehead atoms. The van der Waals surface area contributed by atoms with Crippen LogP contribution in [0.3, 0.4) is 0 Å². The summed E-state index contributed by atoms with van der Waals surface area (Å²) in [6.07, 6.45) is 3.00. The lowest BCUT2D eigenvalue weighted by Gasteiger charge is -2.36. The molecule has 1 heterocycles. The first-order chi connectivity index (χ1) is 14.2. The quantitative estimate of drug-likeness (QED) is 0.649. The van der Waals surface area contributed by atoms with Crippen LogP contribution in [0, 0.1) is 6.92 Å². The van der Waals surface area contributed by atoms with Gasteiger partial charge in [0.2, 0.25) is 5.91 Å². The third-order valence-corrected chi connectivity index (χ3v) is 5.87. The highest BCUT2D eigenvalue weighted by Gasteiger charge is 2.18. The molecule has 1 aliphatic rings. The van der Waals surface area contributed by atoms with Gasteiger partial charge < -0.3 is 10.2 Å². The third-order valence-electron chi connectivity index (χ3n) is 5.87. The Kier molecular flexibility index (Phi) is 8.12. The van der Waals surface area contributed by atoms with E-state index in [1.807, 2.05) is 30.3 Å². The molecule has 0 aromatic heterocycles. The summed E-state index contributed by atoms with van der Waals surface area (Å²) in [5.74, 6) is 0.122. The molecule has 4 nitrogen and oxygen atoms in total. The molecule has 3 rings (SSSR count). The minimum Gasteiger partial charge on any atom is -0.369 e. The maximum Gasteiger partial charge on any atom is 0.227 e. The summed E-state index contributed by atoms with van der Waals surface area (Å²) in [4.78, 5) is 17.5. The molecule has 0 spiro atoms. The van der Waals surface area contributed by atoms with Crippen LogP contribution < -0.4 is 10.2 Å². The fraction of sp³-hybridized carbons (Fsp3) is 0.480. The number of nitrogens with zero attached hydrogens (tertiary/aromatic N) is 2. The van der Waals surface area contributed by atoms with Crippen LogP contribution in [0.4, 0.5) is 5.69 Å². The Labute approximate surface area is 175 Å². The topological polar surface area (TPSA) is 35.6 Å². The number of unbranched alkanes of at least 4 members (excludes halogenated alkanes) is 1. The number of aryl methyl sites for hydroxylation is 1. The molecule has 4 heteroatoms. The number of hydrogen-bond donors (Lipinski definition) is 1. The van der Waals surface area contributed by atoms with Gasteiger partial charge in [0.05, 0.1) is 5.92 Å². The van der Waals surface area contributed by atoms with Crippen LogP contribution in [0.25, 0.3) is 0 Å². The Morgan fingerprint density at radius 2 is 1.76 bits per heavy atom. The van der Waals surface area contributed by atoms with E-state index in [4.69, 9.17) is 0 Å². The van der Waals surface area contributed by atoms with Crippen LogP contribution in [0.15, 0.2) is 54.6 Å². The highest BCUT2D eigenvalue weighted by molar-refractivity contribution is 5.83. The molecule has 1 aliphatic heterocycles. The minimum absolute atomic E-state index is 0.0362. The first kappa shape index (κ1) is 21.4. The van der Waals surface area contributed by atoms with Gasteiger partial charge in [-0.25, -0.2) is 0 Å². The molecular formula is C25H35N3O. The molecule has 1 unspecified atom stereocenters. The van der Waals surface area contributed by atoms with Crippen LogP contribution in [-0.4, -0.2) is 50.1 Å². The van der Waals surface area contributed by atoms with Crippen LogP contribution >= 0.6 is 0 Å². The maximum atomic E-state index is 12.5. The van der Waals surface area contributed by atoms with Crippen LogP contribution in [0.5, 0.6) is 0 Å². The van der Waals surface area contributed by atoms with Crippen LogP contribution in [-0.2, 0) is 4.79 Å². The van der Waals surface area contributed by atoms with Gasteiger partial charge >= 0.3 is 0 Å². The number of carbonyl (C=O) groups is 1. The number of anilines is 1. The van der Waals surface area contributed by atoms with Gasteiger partial charge in [0, 0.05) is 38.4 Å². The molecule has 0 aliphatic carbocycles. The van der Waals surface area contributed by atoms with E-state index in [9.17, 15) is 4.79 Å². The Morgan fingerprint density at radius 1 is 1.00 bits per heavy atom. The largest absolute Gasteiger partial charge is 0.369 e. The number of amides is 1. The van der Waals surface area contributed by atoms with Crippen molar-refractivity contribution in [3.63, 3.8) is 0 Å². The van der Waals surface area contributed by atoms with Gasteiger partial charge in [-0.2, -0.15) is 0 Å². The van der Waals surface area contributed by atoms with Gasteiger partial charge in [0.1, 0.15) is 0 Å². The van der Waals surface area contributed by atoms with Gasteiger partial charge in [-0.3, -0.25) is 9.69 Å². The number of hydrogen-bond acceptors (Lipinski definition) is 3. The number of nitrogens with one attached hydrogen (secondary N) is 1. The Morgan fingerprint density at radius 3 is 2.45 bits per heavy atom. The molecule has 0 saturated carbocycles. The minimum atomic E-state index is -0.0362. The molecule has 1 N–H and O–H groups in total. The van der Waals surface area contributed by atoms with Gasteiger partial charge in [-0.15, -0.1) is 0 Å². The summed E-state index contributed by atoms with van der Waals surface area (Å²) in [5, 5.41) is 3.14. The normalized spacial score (nSPS) is 15.9. The lowest BCUT2D eigenvalue weighted by atomic mass is 9.95. The van der Waals surface area contributed by atoms with Crippen molar-refractivity contribution in [3.8, 4) is 0 Å².